The Balaban J connectivity index is 2.49. The number of aliphatic carboxylic acids is 1. The van der Waals surface area contributed by atoms with Gasteiger partial charge in [-0.25, -0.2) is 0 Å². The molecule has 0 radical (unpaired) electrons. The molecule has 0 fully saturated rings. The minimum Gasteiger partial charge on any atom is -0.481 e. The summed E-state index contributed by atoms with van der Waals surface area (Å²) in [4.78, 5) is 10.8. The number of alkyl halides is 3. The predicted octanol–water partition coefficient (Wildman–Crippen LogP) is 3.64. The molecule has 0 amide bonds. The van der Waals surface area contributed by atoms with E-state index in [-0.39, 0.29) is 11.3 Å². The summed E-state index contributed by atoms with van der Waals surface area (Å²) >= 11 is 0. The van der Waals surface area contributed by atoms with Gasteiger partial charge in [0.05, 0.1) is 5.56 Å². The number of rotatable bonds is 2. The van der Waals surface area contributed by atoms with E-state index in [1.807, 2.05) is 0 Å². The fraction of sp³-hybridized carbons (Fsp3) is 0.250. The largest absolute Gasteiger partial charge is 0.481 e. The molecule has 1 aromatic carbocycles. The fourth-order valence-electron chi connectivity index (χ4n) is 1.56. The molecular weight excluding hydrogens is 249 g/mol. The van der Waals surface area contributed by atoms with Gasteiger partial charge in [0.1, 0.15) is 17.3 Å². The highest BCUT2D eigenvalue weighted by atomic mass is 19.4. The molecule has 3 nitrogen and oxygen atoms in total. The smallest absolute Gasteiger partial charge is 0.416 e. The van der Waals surface area contributed by atoms with Crippen molar-refractivity contribution >= 4 is 16.9 Å². The van der Waals surface area contributed by atoms with E-state index in [1.54, 1.807) is 0 Å². The zero-order valence-electron chi connectivity index (χ0n) is 9.28. The summed E-state index contributed by atoms with van der Waals surface area (Å²) in [6.45, 7) is 1.41. The van der Waals surface area contributed by atoms with E-state index in [0.29, 0.717) is 5.39 Å². The molecule has 0 saturated heterocycles. The Kier molecular flexibility index (Phi) is 2.80. The summed E-state index contributed by atoms with van der Waals surface area (Å²) in [6, 6.07) is 4.51. The molecule has 1 N–H and O–H groups in total. The second-order valence-corrected chi connectivity index (χ2v) is 3.96. The maximum Gasteiger partial charge on any atom is 0.416 e. The molecule has 0 aliphatic carbocycles. The van der Waals surface area contributed by atoms with Gasteiger partial charge >= 0.3 is 12.1 Å². The summed E-state index contributed by atoms with van der Waals surface area (Å²) in [7, 11) is 0. The van der Waals surface area contributed by atoms with E-state index in [9.17, 15) is 18.0 Å². The van der Waals surface area contributed by atoms with Gasteiger partial charge in [0.25, 0.3) is 0 Å². The molecule has 0 spiro atoms. The first-order chi connectivity index (χ1) is 8.29. The number of hydrogen-bond acceptors (Lipinski definition) is 2. The van der Waals surface area contributed by atoms with E-state index in [0.717, 1.165) is 12.1 Å². The second kappa shape index (κ2) is 4.04. The van der Waals surface area contributed by atoms with Gasteiger partial charge in [-0.1, -0.05) is 6.07 Å². The zero-order chi connectivity index (χ0) is 13.5. The van der Waals surface area contributed by atoms with E-state index < -0.39 is 23.6 Å². The minimum atomic E-state index is -4.44. The Labute approximate surface area is 99.8 Å². The molecule has 0 aliphatic rings. The van der Waals surface area contributed by atoms with Gasteiger partial charge in [-0.05, 0) is 25.1 Å². The fourth-order valence-corrected chi connectivity index (χ4v) is 1.56. The molecule has 1 heterocycles. The summed E-state index contributed by atoms with van der Waals surface area (Å²) in [5.41, 5.74) is -0.785. The minimum absolute atomic E-state index is 0.0351. The predicted molar refractivity (Wildman–Crippen MR) is 57.3 cm³/mol. The molecule has 2 rings (SSSR count). The number of halogens is 3. The molecule has 0 aliphatic heterocycles. The van der Waals surface area contributed by atoms with Crippen LogP contribution < -0.4 is 0 Å². The maximum absolute atomic E-state index is 12.5. The number of benzene rings is 1. The van der Waals surface area contributed by atoms with Crippen LogP contribution in [0.3, 0.4) is 0 Å². The van der Waals surface area contributed by atoms with Gasteiger partial charge in [-0.2, -0.15) is 13.2 Å². The molecule has 2 aromatic rings. The zero-order valence-corrected chi connectivity index (χ0v) is 9.28. The number of hydrogen-bond donors (Lipinski definition) is 1. The Morgan fingerprint density at radius 3 is 2.56 bits per heavy atom. The summed E-state index contributed by atoms with van der Waals surface area (Å²) in [5.74, 6) is -1.85. The van der Waals surface area contributed by atoms with Crippen LogP contribution in [0.4, 0.5) is 13.2 Å². The summed E-state index contributed by atoms with van der Waals surface area (Å²) in [6.07, 6.45) is -4.44. The van der Waals surface area contributed by atoms with E-state index >= 15 is 0 Å². The molecule has 1 atom stereocenters. The Morgan fingerprint density at radius 1 is 1.33 bits per heavy atom. The first-order valence-corrected chi connectivity index (χ1v) is 5.12. The monoisotopic (exact) mass is 258 g/mol. The molecule has 18 heavy (non-hydrogen) atoms. The van der Waals surface area contributed by atoms with Crippen LogP contribution >= 0.6 is 0 Å². The third-order valence-corrected chi connectivity index (χ3v) is 2.66. The van der Waals surface area contributed by atoms with Crippen molar-refractivity contribution < 1.29 is 27.5 Å². The van der Waals surface area contributed by atoms with Crippen molar-refractivity contribution in [3.8, 4) is 0 Å². The van der Waals surface area contributed by atoms with Crippen LogP contribution in [0.1, 0.15) is 24.2 Å². The quantitative estimate of drug-likeness (QED) is 0.894. The lowest BCUT2D eigenvalue weighted by Gasteiger charge is -2.05. The number of carboxylic acids is 1. The number of carboxylic acid groups (broad SMARTS) is 1. The molecule has 96 valence electrons. The van der Waals surface area contributed by atoms with Crippen LogP contribution in [0.5, 0.6) is 0 Å². The number of carbonyl (C=O) groups is 1. The van der Waals surface area contributed by atoms with Crippen LogP contribution in [-0.2, 0) is 11.0 Å². The molecule has 1 unspecified atom stereocenters. The van der Waals surface area contributed by atoms with Crippen molar-refractivity contribution in [3.63, 3.8) is 0 Å². The van der Waals surface area contributed by atoms with Crippen LogP contribution in [0, 0.1) is 0 Å². The van der Waals surface area contributed by atoms with Gasteiger partial charge in [0, 0.05) is 5.39 Å². The Bertz CT molecular complexity index is 598. The topological polar surface area (TPSA) is 50.4 Å². The first-order valence-electron chi connectivity index (χ1n) is 5.12. The van der Waals surface area contributed by atoms with Gasteiger partial charge in [0.2, 0.25) is 0 Å². The van der Waals surface area contributed by atoms with Gasteiger partial charge < -0.3 is 9.52 Å². The van der Waals surface area contributed by atoms with Gasteiger partial charge in [-0.3, -0.25) is 4.79 Å². The molecular formula is C12H9F3O3. The number of furan rings is 1. The highest BCUT2D eigenvalue weighted by molar-refractivity contribution is 5.82. The number of fused-ring (bicyclic) bond motifs is 1. The average Bonchev–Trinajstić information content (AvgIpc) is 2.68. The molecule has 0 bridgehead atoms. The standard InChI is InChI=1S/C12H9F3O3/c1-6(11(16)17)9-4-7-2-3-8(12(13,14)15)5-10(7)18-9/h2-6H,1H3,(H,16,17). The van der Waals surface area contributed by atoms with Crippen LogP contribution in [0.25, 0.3) is 11.0 Å². The van der Waals surface area contributed by atoms with Crippen molar-refractivity contribution in [2.75, 3.05) is 0 Å². The lowest BCUT2D eigenvalue weighted by atomic mass is 10.1. The van der Waals surface area contributed by atoms with Crippen molar-refractivity contribution in [1.82, 2.24) is 0 Å². The normalized spacial score (nSPS) is 13.8. The van der Waals surface area contributed by atoms with E-state index in [1.165, 1.54) is 19.1 Å². The molecule has 1 aromatic heterocycles. The van der Waals surface area contributed by atoms with Crippen molar-refractivity contribution in [3.05, 3.63) is 35.6 Å². The highest BCUT2D eigenvalue weighted by Gasteiger charge is 2.31. The third kappa shape index (κ3) is 2.18. The second-order valence-electron chi connectivity index (χ2n) is 3.96. The lowest BCUT2D eigenvalue weighted by Crippen LogP contribution is -2.05. The SMILES string of the molecule is CC(C(=O)O)c1cc2ccc(C(F)(F)F)cc2o1. The van der Waals surface area contributed by atoms with E-state index in [2.05, 4.69) is 0 Å². The van der Waals surface area contributed by atoms with Crippen molar-refractivity contribution in [2.24, 2.45) is 0 Å². The third-order valence-electron chi connectivity index (χ3n) is 2.66. The maximum atomic E-state index is 12.5. The lowest BCUT2D eigenvalue weighted by molar-refractivity contribution is -0.139. The van der Waals surface area contributed by atoms with E-state index in [4.69, 9.17) is 9.52 Å². The molecule has 0 saturated carbocycles. The van der Waals surface area contributed by atoms with Crippen LogP contribution in [-0.4, -0.2) is 11.1 Å². The van der Waals surface area contributed by atoms with Crippen molar-refractivity contribution in [1.29, 1.82) is 0 Å². The van der Waals surface area contributed by atoms with Gasteiger partial charge in [0.15, 0.2) is 0 Å². The molecule has 6 heteroatoms. The van der Waals surface area contributed by atoms with Crippen molar-refractivity contribution in [2.45, 2.75) is 19.0 Å². The van der Waals surface area contributed by atoms with Crippen LogP contribution in [0.15, 0.2) is 28.7 Å². The average molecular weight is 258 g/mol. The summed E-state index contributed by atoms with van der Waals surface area (Å²) < 4.78 is 42.6. The summed E-state index contributed by atoms with van der Waals surface area (Å²) in [5, 5.41) is 9.25. The highest BCUT2D eigenvalue weighted by Crippen LogP contribution is 2.33. The van der Waals surface area contributed by atoms with Crippen LogP contribution in [0.2, 0.25) is 0 Å². The first kappa shape index (κ1) is 12.5. The Morgan fingerprint density at radius 2 is 2.00 bits per heavy atom. The van der Waals surface area contributed by atoms with Gasteiger partial charge in [-0.15, -0.1) is 0 Å². The Hall–Kier alpha value is -1.98.